The summed E-state index contributed by atoms with van der Waals surface area (Å²) in [5.41, 5.74) is 1.85. The van der Waals surface area contributed by atoms with Crippen LogP contribution in [0.15, 0.2) is 24.3 Å². The Balaban J connectivity index is 1.89. The smallest absolute Gasteiger partial charge is 0.215 e. The average molecular weight is 321 g/mol. The number of nitrogens with one attached hydrogen (secondary N) is 1. The summed E-state index contributed by atoms with van der Waals surface area (Å²) >= 11 is 0. The molecule has 0 amide bonds. The fraction of sp³-hybridized carbons (Fsp3) is 0.562. The quantitative estimate of drug-likeness (QED) is 0.920. The Bertz CT molecular complexity index is 721. The molecule has 1 fully saturated rings. The number of benzene rings is 1. The molecule has 0 bridgehead atoms. The highest BCUT2D eigenvalue weighted by Crippen LogP contribution is 2.34. The van der Waals surface area contributed by atoms with Gasteiger partial charge in [0.2, 0.25) is 10.0 Å². The van der Waals surface area contributed by atoms with E-state index in [1.54, 1.807) is 4.31 Å². The van der Waals surface area contributed by atoms with Crippen LogP contribution in [0.25, 0.3) is 11.0 Å². The first kappa shape index (κ1) is 15.5. The number of hydrogen-bond donors (Lipinski definition) is 1. The van der Waals surface area contributed by atoms with E-state index in [1.807, 2.05) is 38.1 Å². The van der Waals surface area contributed by atoms with Gasteiger partial charge in [-0.05, 0) is 30.9 Å². The first-order valence-corrected chi connectivity index (χ1v) is 9.56. The third-order valence-electron chi connectivity index (χ3n) is 4.48. The molecule has 2 aromatic rings. The normalized spacial score (nSPS) is 21.5. The Kier molecular flexibility index (Phi) is 4.23. The first-order chi connectivity index (χ1) is 10.5. The van der Waals surface area contributed by atoms with Crippen LogP contribution in [0.2, 0.25) is 0 Å². The summed E-state index contributed by atoms with van der Waals surface area (Å²) in [4.78, 5) is 7.89. The number of fused-ring (bicyclic) bond motifs is 1. The van der Waals surface area contributed by atoms with Gasteiger partial charge in [-0.1, -0.05) is 32.4 Å². The van der Waals surface area contributed by atoms with Crippen LogP contribution >= 0.6 is 0 Å². The van der Waals surface area contributed by atoms with Crippen molar-refractivity contribution >= 4 is 21.1 Å². The summed E-state index contributed by atoms with van der Waals surface area (Å²) in [6.45, 7) is 4.62. The Labute approximate surface area is 131 Å². The molecule has 22 heavy (non-hydrogen) atoms. The molecular formula is C16H23N3O2S. The molecule has 0 spiro atoms. The van der Waals surface area contributed by atoms with Crippen molar-refractivity contribution in [1.29, 1.82) is 0 Å². The molecule has 2 atom stereocenters. The predicted octanol–water partition coefficient (Wildman–Crippen LogP) is 3.08. The number of para-hydroxylation sites is 2. The van der Waals surface area contributed by atoms with Crippen LogP contribution in [0.5, 0.6) is 0 Å². The van der Waals surface area contributed by atoms with Crippen molar-refractivity contribution in [1.82, 2.24) is 14.3 Å². The lowest BCUT2D eigenvalue weighted by molar-refractivity contribution is 0.381. The fourth-order valence-electron chi connectivity index (χ4n) is 3.05. The number of sulfonamides is 1. The van der Waals surface area contributed by atoms with Gasteiger partial charge in [-0.15, -0.1) is 0 Å². The fourth-order valence-corrected chi connectivity index (χ4v) is 5.20. The van der Waals surface area contributed by atoms with Gasteiger partial charge in [0.25, 0.3) is 0 Å². The van der Waals surface area contributed by atoms with Crippen molar-refractivity contribution in [2.24, 2.45) is 5.92 Å². The molecule has 120 valence electrons. The van der Waals surface area contributed by atoms with Crippen LogP contribution in [0.3, 0.4) is 0 Å². The summed E-state index contributed by atoms with van der Waals surface area (Å²) in [5.74, 6) is 1.17. The van der Waals surface area contributed by atoms with Gasteiger partial charge in [-0.3, -0.25) is 0 Å². The molecule has 0 unspecified atom stereocenters. The van der Waals surface area contributed by atoms with Gasteiger partial charge in [-0.2, -0.15) is 4.31 Å². The van der Waals surface area contributed by atoms with E-state index in [1.165, 1.54) is 0 Å². The lowest BCUT2D eigenvalue weighted by Crippen LogP contribution is -2.34. The van der Waals surface area contributed by atoms with Crippen molar-refractivity contribution in [3.63, 3.8) is 0 Å². The summed E-state index contributed by atoms with van der Waals surface area (Å²) < 4.78 is 27.0. The Morgan fingerprint density at radius 1 is 1.41 bits per heavy atom. The van der Waals surface area contributed by atoms with Crippen molar-refractivity contribution in [3.8, 4) is 0 Å². The molecular weight excluding hydrogens is 298 g/mol. The van der Waals surface area contributed by atoms with Gasteiger partial charge in [0.15, 0.2) is 0 Å². The summed E-state index contributed by atoms with van der Waals surface area (Å²) in [6.07, 6.45) is 2.60. The molecule has 1 aromatic carbocycles. The average Bonchev–Trinajstić information content (AvgIpc) is 3.12. The second kappa shape index (κ2) is 6.01. The van der Waals surface area contributed by atoms with Crippen LogP contribution in [-0.2, 0) is 10.0 Å². The molecule has 1 aliphatic rings. The molecule has 2 heterocycles. The van der Waals surface area contributed by atoms with Crippen molar-refractivity contribution < 1.29 is 8.42 Å². The molecule has 5 nitrogen and oxygen atoms in total. The number of H-pyrrole nitrogens is 1. The van der Waals surface area contributed by atoms with Gasteiger partial charge in [-0.25, -0.2) is 13.4 Å². The van der Waals surface area contributed by atoms with E-state index in [2.05, 4.69) is 9.97 Å². The molecule has 0 saturated carbocycles. The van der Waals surface area contributed by atoms with Gasteiger partial charge >= 0.3 is 0 Å². The van der Waals surface area contributed by atoms with Gasteiger partial charge < -0.3 is 4.98 Å². The van der Waals surface area contributed by atoms with Crippen molar-refractivity contribution in [3.05, 3.63) is 30.1 Å². The summed E-state index contributed by atoms with van der Waals surface area (Å²) in [6, 6.07) is 7.66. The number of hydrogen-bond acceptors (Lipinski definition) is 3. The third-order valence-corrected chi connectivity index (χ3v) is 6.62. The van der Waals surface area contributed by atoms with Crippen LogP contribution < -0.4 is 0 Å². The highest BCUT2D eigenvalue weighted by Gasteiger charge is 2.37. The molecule has 6 heteroatoms. The lowest BCUT2D eigenvalue weighted by Gasteiger charge is -2.24. The van der Waals surface area contributed by atoms with E-state index in [4.69, 9.17) is 0 Å². The minimum absolute atomic E-state index is 0.151. The first-order valence-electron chi connectivity index (χ1n) is 7.95. The number of imidazole rings is 1. The van der Waals surface area contributed by atoms with E-state index >= 15 is 0 Å². The highest BCUT2D eigenvalue weighted by molar-refractivity contribution is 7.89. The molecule has 3 rings (SSSR count). The number of aromatic nitrogens is 2. The number of nitrogens with zero attached hydrogens (tertiary/aromatic N) is 2. The molecule has 1 N–H and O–H groups in total. The minimum atomic E-state index is -3.23. The van der Waals surface area contributed by atoms with Crippen molar-refractivity contribution in [2.45, 2.75) is 39.2 Å². The lowest BCUT2D eigenvalue weighted by atomic mass is 10.2. The predicted molar refractivity (Wildman–Crippen MR) is 88.0 cm³/mol. The molecule has 0 radical (unpaired) electrons. The summed E-state index contributed by atoms with van der Waals surface area (Å²) in [5, 5.41) is 0. The highest BCUT2D eigenvalue weighted by atomic mass is 32.2. The minimum Gasteiger partial charge on any atom is -0.341 e. The molecule has 1 aliphatic heterocycles. The molecule has 1 aromatic heterocycles. The van der Waals surface area contributed by atoms with Crippen LogP contribution in [-0.4, -0.2) is 35.0 Å². The zero-order valence-corrected chi connectivity index (χ0v) is 13.9. The maximum absolute atomic E-state index is 12.7. The molecule has 1 saturated heterocycles. The standard InChI is InChI=1S/C16H23N3O2S/c1-3-12(2)11-22(20,21)19-10-6-9-15(19)16-17-13-7-4-5-8-14(13)18-16/h4-5,7-8,12,15H,3,6,9-11H2,1-2H3,(H,17,18)/t12-,15-/m0/s1. The third kappa shape index (κ3) is 2.90. The largest absolute Gasteiger partial charge is 0.341 e. The van der Waals surface area contributed by atoms with E-state index in [0.717, 1.165) is 36.1 Å². The SMILES string of the molecule is CC[C@H](C)CS(=O)(=O)N1CCC[C@H]1c1nc2ccccc2[nH]1. The Morgan fingerprint density at radius 3 is 2.91 bits per heavy atom. The van der Waals surface area contributed by atoms with Crippen LogP contribution in [0, 0.1) is 5.92 Å². The monoisotopic (exact) mass is 321 g/mol. The van der Waals surface area contributed by atoms with Gasteiger partial charge in [0.05, 0.1) is 22.8 Å². The maximum Gasteiger partial charge on any atom is 0.215 e. The van der Waals surface area contributed by atoms with Crippen molar-refractivity contribution in [2.75, 3.05) is 12.3 Å². The van der Waals surface area contributed by atoms with Crippen LogP contribution in [0.1, 0.15) is 45.0 Å². The van der Waals surface area contributed by atoms with Gasteiger partial charge in [0.1, 0.15) is 5.82 Å². The van der Waals surface area contributed by atoms with E-state index < -0.39 is 10.0 Å². The van der Waals surface area contributed by atoms with Gasteiger partial charge in [0, 0.05) is 6.54 Å². The topological polar surface area (TPSA) is 66.1 Å². The van der Waals surface area contributed by atoms with E-state index in [9.17, 15) is 8.42 Å². The Morgan fingerprint density at radius 2 is 2.18 bits per heavy atom. The zero-order chi connectivity index (χ0) is 15.7. The second-order valence-corrected chi connectivity index (χ2v) is 8.17. The summed E-state index contributed by atoms with van der Waals surface area (Å²) in [7, 11) is -3.23. The van der Waals surface area contributed by atoms with Crippen LogP contribution in [0.4, 0.5) is 0 Å². The number of rotatable bonds is 5. The van der Waals surface area contributed by atoms with E-state index in [0.29, 0.717) is 6.54 Å². The zero-order valence-electron chi connectivity index (χ0n) is 13.1. The maximum atomic E-state index is 12.7. The van der Waals surface area contributed by atoms with E-state index in [-0.39, 0.29) is 17.7 Å². The number of aromatic amines is 1. The molecule has 0 aliphatic carbocycles. The Hall–Kier alpha value is -1.40. The second-order valence-electron chi connectivity index (χ2n) is 6.20.